The molecule has 136 valence electrons. The lowest BCUT2D eigenvalue weighted by Crippen LogP contribution is -1.88. The second-order valence-electron chi connectivity index (χ2n) is 7.39. The lowest BCUT2D eigenvalue weighted by atomic mass is 9.99. The maximum Gasteiger partial charge on any atom is 0.123 e. The summed E-state index contributed by atoms with van der Waals surface area (Å²) in [6.45, 7) is 0. The molecule has 0 aliphatic heterocycles. The van der Waals surface area contributed by atoms with Crippen LogP contribution in [0.3, 0.4) is 0 Å². The second-order valence-corrected chi connectivity index (χ2v) is 7.39. The zero-order chi connectivity index (χ0) is 19.4. The Balaban J connectivity index is 1.55. The number of hydrogen-bond donors (Lipinski definition) is 0. The van der Waals surface area contributed by atoms with E-state index in [9.17, 15) is 4.39 Å². The molecular formula is C27H16FN. The predicted molar refractivity (Wildman–Crippen MR) is 117 cm³/mol. The molecule has 0 bridgehead atoms. The van der Waals surface area contributed by atoms with Crippen LogP contribution in [0.15, 0.2) is 97.1 Å². The third-order valence-corrected chi connectivity index (χ3v) is 5.68. The van der Waals surface area contributed by atoms with Crippen molar-refractivity contribution in [1.82, 2.24) is 4.98 Å². The zero-order valence-electron chi connectivity index (χ0n) is 15.6. The third kappa shape index (κ3) is 2.50. The van der Waals surface area contributed by atoms with Gasteiger partial charge in [0.1, 0.15) is 5.82 Å². The molecule has 0 amide bonds. The van der Waals surface area contributed by atoms with E-state index in [2.05, 4.69) is 60.7 Å². The highest BCUT2D eigenvalue weighted by molar-refractivity contribution is 6.14. The van der Waals surface area contributed by atoms with Crippen LogP contribution in [-0.4, -0.2) is 4.98 Å². The molecule has 2 heteroatoms. The molecule has 4 aromatic carbocycles. The Kier molecular flexibility index (Phi) is 3.41. The highest BCUT2D eigenvalue weighted by Crippen LogP contribution is 2.47. The predicted octanol–water partition coefficient (Wildman–Crippen LogP) is 7.36. The third-order valence-electron chi connectivity index (χ3n) is 5.68. The van der Waals surface area contributed by atoms with Gasteiger partial charge in [-0.2, -0.15) is 0 Å². The van der Waals surface area contributed by atoms with Gasteiger partial charge in [0.2, 0.25) is 0 Å². The smallest absolute Gasteiger partial charge is 0.123 e. The summed E-state index contributed by atoms with van der Waals surface area (Å²) in [7, 11) is 0. The SMILES string of the molecule is Fc1ccc(-c2cccc(-c3cc4c5c(cccc5n3)-c3ccccc3-4)c2)cc1. The number of halogens is 1. The molecule has 0 unspecified atom stereocenters. The first kappa shape index (κ1) is 16.2. The summed E-state index contributed by atoms with van der Waals surface area (Å²) >= 11 is 0. The highest BCUT2D eigenvalue weighted by atomic mass is 19.1. The van der Waals surface area contributed by atoms with Gasteiger partial charge in [-0.05, 0) is 63.7 Å². The molecule has 6 rings (SSSR count). The van der Waals surface area contributed by atoms with Crippen LogP contribution in [0.4, 0.5) is 4.39 Å². The molecule has 0 saturated carbocycles. The molecule has 1 nitrogen and oxygen atoms in total. The number of rotatable bonds is 2. The van der Waals surface area contributed by atoms with E-state index in [1.807, 2.05) is 24.3 Å². The Morgan fingerprint density at radius 2 is 1.21 bits per heavy atom. The molecule has 0 N–H and O–H groups in total. The molecule has 1 aliphatic carbocycles. The summed E-state index contributed by atoms with van der Waals surface area (Å²) in [6.07, 6.45) is 0. The van der Waals surface area contributed by atoms with E-state index in [1.165, 1.54) is 39.8 Å². The van der Waals surface area contributed by atoms with Gasteiger partial charge in [0.15, 0.2) is 0 Å². The number of aromatic nitrogens is 1. The van der Waals surface area contributed by atoms with Gasteiger partial charge in [-0.1, -0.05) is 66.7 Å². The van der Waals surface area contributed by atoms with Crippen molar-refractivity contribution in [2.45, 2.75) is 0 Å². The van der Waals surface area contributed by atoms with Crippen LogP contribution in [0, 0.1) is 5.82 Å². The maximum absolute atomic E-state index is 13.3. The number of benzene rings is 4. The average Bonchev–Trinajstić information content (AvgIpc) is 3.10. The van der Waals surface area contributed by atoms with Gasteiger partial charge in [0.05, 0.1) is 11.2 Å². The molecule has 1 aromatic heterocycles. The van der Waals surface area contributed by atoms with E-state index in [0.29, 0.717) is 0 Å². The summed E-state index contributed by atoms with van der Waals surface area (Å²) in [5, 5.41) is 1.23. The molecule has 29 heavy (non-hydrogen) atoms. The molecule has 0 saturated heterocycles. The van der Waals surface area contributed by atoms with Crippen LogP contribution in [-0.2, 0) is 0 Å². The molecule has 0 fully saturated rings. The van der Waals surface area contributed by atoms with Crippen molar-refractivity contribution >= 4 is 10.9 Å². The first-order valence-corrected chi connectivity index (χ1v) is 9.68. The fraction of sp³-hybridized carbons (Fsp3) is 0. The van der Waals surface area contributed by atoms with E-state index in [-0.39, 0.29) is 5.82 Å². The molecule has 5 aromatic rings. The zero-order valence-corrected chi connectivity index (χ0v) is 15.6. The summed E-state index contributed by atoms with van der Waals surface area (Å²) < 4.78 is 13.3. The number of fused-ring (bicyclic) bond motifs is 3. The number of hydrogen-bond acceptors (Lipinski definition) is 1. The Morgan fingerprint density at radius 3 is 2.03 bits per heavy atom. The Hall–Kier alpha value is -3.78. The number of pyridine rings is 1. The van der Waals surface area contributed by atoms with Gasteiger partial charge in [0, 0.05) is 10.9 Å². The monoisotopic (exact) mass is 373 g/mol. The lowest BCUT2D eigenvalue weighted by Gasteiger charge is -2.09. The second kappa shape index (κ2) is 6.11. The van der Waals surface area contributed by atoms with E-state index in [0.717, 1.165) is 27.9 Å². The van der Waals surface area contributed by atoms with Crippen molar-refractivity contribution in [3.8, 4) is 44.6 Å². The Bertz CT molecular complexity index is 1400. The molecule has 1 heterocycles. The van der Waals surface area contributed by atoms with Gasteiger partial charge in [-0.25, -0.2) is 9.37 Å². The minimum absolute atomic E-state index is 0.224. The minimum Gasteiger partial charge on any atom is -0.248 e. The van der Waals surface area contributed by atoms with Crippen LogP contribution in [0.2, 0.25) is 0 Å². The molecular weight excluding hydrogens is 357 g/mol. The average molecular weight is 373 g/mol. The van der Waals surface area contributed by atoms with E-state index >= 15 is 0 Å². The van der Waals surface area contributed by atoms with E-state index in [1.54, 1.807) is 0 Å². The maximum atomic E-state index is 13.3. The van der Waals surface area contributed by atoms with Crippen LogP contribution in [0.1, 0.15) is 0 Å². The summed E-state index contributed by atoms with van der Waals surface area (Å²) in [4.78, 5) is 4.98. The standard InChI is InChI=1S/C27H16FN/c28-20-13-11-17(12-14-20)18-5-3-6-19(15-18)26-16-24-22-8-2-1-7-21(22)23-9-4-10-25(29-26)27(23)24/h1-16H. The molecule has 1 aliphatic rings. The van der Waals surface area contributed by atoms with E-state index in [4.69, 9.17) is 4.98 Å². The van der Waals surface area contributed by atoms with Crippen molar-refractivity contribution in [2.24, 2.45) is 0 Å². The molecule has 0 atom stereocenters. The van der Waals surface area contributed by atoms with E-state index < -0.39 is 0 Å². The van der Waals surface area contributed by atoms with Crippen molar-refractivity contribution in [3.05, 3.63) is 103 Å². The van der Waals surface area contributed by atoms with Gasteiger partial charge < -0.3 is 0 Å². The Labute approximate surface area is 168 Å². The van der Waals surface area contributed by atoms with Crippen LogP contribution in [0.25, 0.3) is 55.5 Å². The number of nitrogens with zero attached hydrogens (tertiary/aromatic N) is 1. The fourth-order valence-corrected chi connectivity index (χ4v) is 4.33. The lowest BCUT2D eigenvalue weighted by molar-refractivity contribution is 0.628. The minimum atomic E-state index is -0.224. The van der Waals surface area contributed by atoms with Gasteiger partial charge >= 0.3 is 0 Å². The van der Waals surface area contributed by atoms with Gasteiger partial charge in [0.25, 0.3) is 0 Å². The largest absolute Gasteiger partial charge is 0.248 e. The van der Waals surface area contributed by atoms with Crippen LogP contribution >= 0.6 is 0 Å². The highest BCUT2D eigenvalue weighted by Gasteiger charge is 2.22. The van der Waals surface area contributed by atoms with Crippen molar-refractivity contribution in [2.75, 3.05) is 0 Å². The summed E-state index contributed by atoms with van der Waals surface area (Å²) in [5.74, 6) is -0.224. The van der Waals surface area contributed by atoms with Crippen LogP contribution in [0.5, 0.6) is 0 Å². The first-order valence-electron chi connectivity index (χ1n) is 9.68. The van der Waals surface area contributed by atoms with Gasteiger partial charge in [-0.15, -0.1) is 0 Å². The Morgan fingerprint density at radius 1 is 0.517 bits per heavy atom. The van der Waals surface area contributed by atoms with Crippen molar-refractivity contribution in [1.29, 1.82) is 0 Å². The van der Waals surface area contributed by atoms with Gasteiger partial charge in [-0.3, -0.25) is 0 Å². The van der Waals surface area contributed by atoms with Crippen molar-refractivity contribution in [3.63, 3.8) is 0 Å². The molecule has 0 spiro atoms. The first-order chi connectivity index (χ1) is 14.3. The summed E-state index contributed by atoms with van der Waals surface area (Å²) in [6, 6.07) is 32.0. The summed E-state index contributed by atoms with van der Waals surface area (Å²) in [5.41, 5.74) is 10.1. The van der Waals surface area contributed by atoms with Crippen molar-refractivity contribution < 1.29 is 4.39 Å². The quantitative estimate of drug-likeness (QED) is 0.309. The topological polar surface area (TPSA) is 12.9 Å². The normalized spacial score (nSPS) is 11.6. The fourth-order valence-electron chi connectivity index (χ4n) is 4.33. The van der Waals surface area contributed by atoms with Crippen LogP contribution < -0.4 is 0 Å². The molecule has 0 radical (unpaired) electrons.